The summed E-state index contributed by atoms with van der Waals surface area (Å²) in [5, 5.41) is 0. The van der Waals surface area contributed by atoms with Gasteiger partial charge in [0, 0.05) is 0 Å². The summed E-state index contributed by atoms with van der Waals surface area (Å²) in [6, 6.07) is 0. The Morgan fingerprint density at radius 1 is 1.25 bits per heavy atom. The number of rotatable bonds is 3. The fourth-order valence-corrected chi connectivity index (χ4v) is 6.10. The van der Waals surface area contributed by atoms with E-state index in [1.165, 1.54) is 9.87 Å². The van der Waals surface area contributed by atoms with Crippen molar-refractivity contribution < 1.29 is 51.0 Å². The Kier molecular flexibility index (Phi) is 17.8. The van der Waals surface area contributed by atoms with Crippen LogP contribution in [0.5, 0.6) is 0 Å². The van der Waals surface area contributed by atoms with Crippen molar-refractivity contribution in [3.8, 4) is 0 Å². The molecule has 0 aromatic heterocycles. The van der Waals surface area contributed by atoms with Crippen LogP contribution in [0.4, 0.5) is 0 Å². The molecular formula is C11H15Cl2Sb2Zr. The van der Waals surface area contributed by atoms with Gasteiger partial charge in [-0.3, -0.25) is 0 Å². The van der Waals surface area contributed by atoms with Gasteiger partial charge in [-0.25, -0.2) is 0 Å². The van der Waals surface area contributed by atoms with Gasteiger partial charge in [0.15, 0.2) is 0 Å². The van der Waals surface area contributed by atoms with E-state index in [9.17, 15) is 0 Å². The maximum atomic E-state index is 2.32. The molecule has 1 aliphatic rings. The number of hydrogen-bond acceptors (Lipinski definition) is 0. The van der Waals surface area contributed by atoms with Crippen molar-refractivity contribution in [1.82, 2.24) is 0 Å². The van der Waals surface area contributed by atoms with E-state index >= 15 is 0 Å². The molecule has 0 heterocycles. The van der Waals surface area contributed by atoms with Crippen molar-refractivity contribution in [3.05, 3.63) is 30.8 Å². The van der Waals surface area contributed by atoms with Gasteiger partial charge in [-0.05, 0) is 0 Å². The first-order chi connectivity index (χ1) is 6.11. The van der Waals surface area contributed by atoms with Crippen molar-refractivity contribution in [2.24, 2.45) is 0 Å². The molecule has 0 saturated heterocycles. The molecule has 0 unspecified atom stereocenters. The topological polar surface area (TPSA) is 0 Å². The SMILES string of the molecule is C[C](=[Sb])C(C)=[C](C)[SbH][C]1=CC=CC1.[Cl-].[Cl-].[Zr+2]. The molecule has 0 bridgehead atoms. The average molecular weight is 553 g/mol. The zero-order chi connectivity index (χ0) is 9.84. The van der Waals surface area contributed by atoms with Crippen LogP contribution in [-0.2, 0) is 26.2 Å². The molecule has 1 aliphatic carbocycles. The Balaban J connectivity index is -0.000000563. The fourth-order valence-electron chi connectivity index (χ4n) is 1.15. The molecule has 0 amide bonds. The quantitative estimate of drug-likeness (QED) is 0.313. The van der Waals surface area contributed by atoms with Gasteiger partial charge in [0.1, 0.15) is 0 Å². The maximum Gasteiger partial charge on any atom is 2.00 e. The van der Waals surface area contributed by atoms with Crippen LogP contribution in [0.25, 0.3) is 0 Å². The van der Waals surface area contributed by atoms with E-state index in [4.69, 9.17) is 0 Å². The molecule has 0 fully saturated rings. The molecule has 0 N–H and O–H groups in total. The largest absolute Gasteiger partial charge is 2.00 e. The summed E-state index contributed by atoms with van der Waals surface area (Å²) in [4.78, 5) is 0. The Hall–Kier alpha value is 2.19. The van der Waals surface area contributed by atoms with Crippen molar-refractivity contribution in [2.45, 2.75) is 27.2 Å². The predicted octanol–water partition coefficient (Wildman–Crippen LogP) is -4.07. The van der Waals surface area contributed by atoms with Gasteiger partial charge in [-0.15, -0.1) is 0 Å². The van der Waals surface area contributed by atoms with Gasteiger partial charge >= 0.3 is 132 Å². The van der Waals surface area contributed by atoms with Crippen LogP contribution in [0.2, 0.25) is 0 Å². The summed E-state index contributed by atoms with van der Waals surface area (Å²) >= 11 is 1.46. The van der Waals surface area contributed by atoms with E-state index < -0.39 is 21.6 Å². The van der Waals surface area contributed by atoms with E-state index in [2.05, 4.69) is 39.0 Å². The normalized spacial score (nSPS) is 13.8. The molecule has 0 saturated carbocycles. The van der Waals surface area contributed by atoms with Crippen LogP contribution in [-0.4, -0.2) is 47.6 Å². The van der Waals surface area contributed by atoms with E-state index in [-0.39, 0.29) is 51.0 Å². The molecule has 5 heteroatoms. The Bertz CT molecular complexity index is 320. The van der Waals surface area contributed by atoms with Crippen LogP contribution in [0.3, 0.4) is 0 Å². The molecule has 0 atom stereocenters. The van der Waals surface area contributed by atoms with E-state index in [0.717, 1.165) is 0 Å². The van der Waals surface area contributed by atoms with Gasteiger partial charge in [-0.2, -0.15) is 0 Å². The average Bonchev–Trinajstić information content (AvgIpc) is 2.55. The first-order valence-corrected chi connectivity index (χ1v) is 8.57. The third-order valence-electron chi connectivity index (χ3n) is 2.22. The van der Waals surface area contributed by atoms with Gasteiger partial charge < -0.3 is 24.8 Å². The summed E-state index contributed by atoms with van der Waals surface area (Å²) in [5.74, 6) is 0. The third kappa shape index (κ3) is 8.32. The molecule has 0 aromatic carbocycles. The molecule has 0 aromatic rings. The van der Waals surface area contributed by atoms with Gasteiger partial charge in [0.05, 0.1) is 0 Å². The minimum absolute atomic E-state index is 0. The molecule has 16 heavy (non-hydrogen) atoms. The Morgan fingerprint density at radius 3 is 2.19 bits per heavy atom. The van der Waals surface area contributed by atoms with Gasteiger partial charge in [-0.1, -0.05) is 0 Å². The zero-order valence-corrected chi connectivity index (χ0v) is 19.0. The van der Waals surface area contributed by atoms with Crippen LogP contribution in [0.1, 0.15) is 27.2 Å². The van der Waals surface area contributed by atoms with Crippen LogP contribution >= 0.6 is 0 Å². The molecule has 0 spiro atoms. The van der Waals surface area contributed by atoms with Gasteiger partial charge in [0.25, 0.3) is 0 Å². The molecule has 0 nitrogen and oxygen atoms in total. The minimum Gasteiger partial charge on any atom is -1.00 e. The second-order valence-corrected chi connectivity index (χ2v) is 9.89. The summed E-state index contributed by atoms with van der Waals surface area (Å²) in [7, 11) is 0. The first-order valence-electron chi connectivity index (χ1n) is 4.44. The second-order valence-electron chi connectivity index (χ2n) is 3.28. The summed E-state index contributed by atoms with van der Waals surface area (Å²) in [5.41, 5.74) is 1.56. The third-order valence-corrected chi connectivity index (χ3v) is 7.30. The standard InChI is InChI=1S/C6H9.C5H5.2ClH.2Sb.Zr.H/c1-4-6(3)5-2;1-2-4-5-3-1;;;;;;/h1-3H3;1-3H,4H2;2*1H;;;;/q;;;;;;+2;/p-2. The molecule has 1 radical (unpaired) electrons. The number of allylic oxidation sites excluding steroid dienone is 6. The Morgan fingerprint density at radius 2 is 1.81 bits per heavy atom. The number of hydrogen-bond donors (Lipinski definition) is 0. The van der Waals surface area contributed by atoms with Gasteiger partial charge in [0.2, 0.25) is 0 Å². The summed E-state index contributed by atoms with van der Waals surface area (Å²) in [6.45, 7) is 6.82. The summed E-state index contributed by atoms with van der Waals surface area (Å²) in [6.07, 6.45) is 8.01. The Labute approximate surface area is 154 Å². The van der Waals surface area contributed by atoms with Crippen molar-refractivity contribution >= 4 is 47.6 Å². The zero-order valence-electron chi connectivity index (χ0n) is 9.64. The first kappa shape index (κ1) is 23.3. The van der Waals surface area contributed by atoms with Crippen LogP contribution < -0.4 is 24.8 Å². The summed E-state index contributed by atoms with van der Waals surface area (Å²) < 4.78 is 4.93. The molecular weight excluding hydrogens is 538 g/mol. The maximum absolute atomic E-state index is 2.32. The fraction of sp³-hybridized carbons (Fsp3) is 0.364. The molecule has 1 rings (SSSR count). The van der Waals surface area contributed by atoms with Crippen molar-refractivity contribution in [2.75, 3.05) is 0 Å². The second kappa shape index (κ2) is 12.2. The smallest absolute Gasteiger partial charge is 1.00 e. The van der Waals surface area contributed by atoms with Crippen molar-refractivity contribution in [3.63, 3.8) is 0 Å². The molecule has 0 aliphatic heterocycles. The van der Waals surface area contributed by atoms with E-state index in [0.29, 0.717) is 0 Å². The monoisotopic (exact) mass is 549 g/mol. The van der Waals surface area contributed by atoms with Crippen LogP contribution in [0.15, 0.2) is 30.8 Å². The van der Waals surface area contributed by atoms with E-state index in [1.54, 1.807) is 12.6 Å². The number of halogens is 2. The van der Waals surface area contributed by atoms with Crippen LogP contribution in [0, 0.1) is 0 Å². The van der Waals surface area contributed by atoms with E-state index in [1.807, 2.05) is 22.5 Å². The molecule has 87 valence electrons. The van der Waals surface area contributed by atoms with Crippen molar-refractivity contribution in [1.29, 1.82) is 0 Å². The minimum atomic E-state index is -0.396. The predicted molar refractivity (Wildman–Crippen MR) is 63.8 cm³/mol.